The van der Waals surface area contributed by atoms with E-state index >= 15 is 0 Å². The third kappa shape index (κ3) is 4.14. The normalized spacial score (nSPS) is 14.7. The van der Waals surface area contributed by atoms with Gasteiger partial charge in [-0.15, -0.1) is 0 Å². The lowest BCUT2D eigenvalue weighted by Gasteiger charge is -2.15. The Hall–Kier alpha value is -1.21. The molecule has 1 amide bonds. The van der Waals surface area contributed by atoms with E-state index in [4.69, 9.17) is 12.2 Å². The number of hydrogen-bond donors (Lipinski definition) is 1. The number of nitrogens with zero attached hydrogens (tertiary/aromatic N) is 4. The Bertz CT molecular complexity index is 546. The Kier molecular flexibility index (Phi) is 5.52. The number of amides is 1. The molecule has 2 rings (SSSR count). The molecule has 1 aromatic heterocycles. The summed E-state index contributed by atoms with van der Waals surface area (Å²) in [6, 6.07) is 0. The third-order valence-corrected chi connectivity index (χ3v) is 4.00. The van der Waals surface area contributed by atoms with Crippen LogP contribution in [0.4, 0.5) is 0 Å². The average Bonchev–Trinajstić information content (AvgIpc) is 3.23. The van der Waals surface area contributed by atoms with Crippen LogP contribution in [0.1, 0.15) is 44.9 Å². The molecule has 0 saturated heterocycles. The average molecular weight is 311 g/mol. The van der Waals surface area contributed by atoms with Crippen LogP contribution in [-0.4, -0.2) is 45.3 Å². The lowest BCUT2D eigenvalue weighted by atomic mass is 10.4. The van der Waals surface area contributed by atoms with Crippen LogP contribution in [0.25, 0.3) is 0 Å². The maximum Gasteiger partial charge on any atom is 0.234 e. The van der Waals surface area contributed by atoms with Crippen LogP contribution in [0.5, 0.6) is 0 Å². The monoisotopic (exact) mass is 311 g/mol. The number of carbonyl (C=O) groups excluding carboxylic acids is 1. The number of likely N-dealkylation sites (N-methyl/N-ethyl adjacent to an activating group) is 1. The Morgan fingerprint density at radius 2 is 2.19 bits per heavy atom. The van der Waals surface area contributed by atoms with Crippen LogP contribution in [0.15, 0.2) is 0 Å². The van der Waals surface area contributed by atoms with Gasteiger partial charge in [0.25, 0.3) is 0 Å². The van der Waals surface area contributed by atoms with Crippen molar-refractivity contribution in [3.63, 3.8) is 0 Å². The Morgan fingerprint density at radius 3 is 2.76 bits per heavy atom. The van der Waals surface area contributed by atoms with Gasteiger partial charge >= 0.3 is 0 Å². The molecule has 1 N–H and O–H groups in total. The highest BCUT2D eigenvalue weighted by molar-refractivity contribution is 7.71. The molecule has 1 fully saturated rings. The van der Waals surface area contributed by atoms with Crippen molar-refractivity contribution in [3.8, 4) is 0 Å². The van der Waals surface area contributed by atoms with E-state index in [9.17, 15) is 4.79 Å². The molecule has 1 aromatic rings. The Labute approximate surface area is 131 Å². The van der Waals surface area contributed by atoms with Gasteiger partial charge in [-0.3, -0.25) is 9.69 Å². The van der Waals surface area contributed by atoms with Crippen molar-refractivity contribution in [1.82, 2.24) is 24.6 Å². The summed E-state index contributed by atoms with van der Waals surface area (Å²) in [5.74, 6) is 1.72. The summed E-state index contributed by atoms with van der Waals surface area (Å²) < 4.78 is 4.69. The molecule has 7 heteroatoms. The Morgan fingerprint density at radius 1 is 1.48 bits per heavy atom. The highest BCUT2D eigenvalue weighted by Crippen LogP contribution is 2.39. The van der Waals surface area contributed by atoms with Crippen LogP contribution in [0, 0.1) is 4.77 Å². The molecule has 21 heavy (non-hydrogen) atoms. The number of rotatable bonds is 8. The predicted molar refractivity (Wildman–Crippen MR) is 84.6 cm³/mol. The van der Waals surface area contributed by atoms with Crippen molar-refractivity contribution in [1.29, 1.82) is 0 Å². The van der Waals surface area contributed by atoms with Gasteiger partial charge in [-0.25, -0.2) is 4.68 Å². The molecule has 0 aliphatic heterocycles. The zero-order valence-corrected chi connectivity index (χ0v) is 13.9. The van der Waals surface area contributed by atoms with E-state index in [-0.39, 0.29) is 5.91 Å². The zero-order valence-electron chi connectivity index (χ0n) is 13.1. The molecule has 1 heterocycles. The molecular formula is C14H25N5OS. The van der Waals surface area contributed by atoms with Crippen molar-refractivity contribution < 1.29 is 4.79 Å². The summed E-state index contributed by atoms with van der Waals surface area (Å²) in [6.07, 6.45) is 3.37. The predicted octanol–water partition coefficient (Wildman–Crippen LogP) is 1.73. The van der Waals surface area contributed by atoms with Crippen LogP contribution in [0.3, 0.4) is 0 Å². The highest BCUT2D eigenvalue weighted by Gasteiger charge is 2.29. The van der Waals surface area contributed by atoms with E-state index in [0.717, 1.165) is 30.1 Å². The first-order valence-electron chi connectivity index (χ1n) is 7.69. The van der Waals surface area contributed by atoms with E-state index in [1.54, 1.807) is 0 Å². The molecule has 1 aliphatic rings. The molecule has 0 bridgehead atoms. The molecule has 118 valence electrons. The summed E-state index contributed by atoms with van der Waals surface area (Å²) in [5, 5.41) is 7.53. The van der Waals surface area contributed by atoms with Gasteiger partial charge in [0.05, 0.1) is 13.2 Å². The standard InChI is InChI=1S/C14H25N5OS/c1-4-8-15-12(20)9-17(3)10-19-14(21)18(5-2)13(16-19)11-6-7-11/h11H,4-10H2,1-3H3,(H,15,20). The maximum atomic E-state index is 11.7. The van der Waals surface area contributed by atoms with E-state index < -0.39 is 0 Å². The van der Waals surface area contributed by atoms with Crippen molar-refractivity contribution in [2.24, 2.45) is 0 Å². The van der Waals surface area contributed by atoms with Crippen LogP contribution in [0.2, 0.25) is 0 Å². The molecule has 0 atom stereocenters. The molecule has 0 spiro atoms. The van der Waals surface area contributed by atoms with Gasteiger partial charge in [-0.05, 0) is 45.5 Å². The SMILES string of the molecule is CCCNC(=O)CN(C)Cn1nc(C2CC2)n(CC)c1=S. The van der Waals surface area contributed by atoms with Crippen LogP contribution < -0.4 is 5.32 Å². The van der Waals surface area contributed by atoms with Crippen LogP contribution >= 0.6 is 12.2 Å². The van der Waals surface area contributed by atoms with Crippen molar-refractivity contribution >= 4 is 18.1 Å². The van der Waals surface area contributed by atoms with Crippen molar-refractivity contribution in [2.75, 3.05) is 20.1 Å². The van der Waals surface area contributed by atoms with Gasteiger partial charge in [0.15, 0.2) is 4.77 Å². The second-order valence-electron chi connectivity index (χ2n) is 5.66. The summed E-state index contributed by atoms with van der Waals surface area (Å²) in [5.41, 5.74) is 0. The van der Waals surface area contributed by atoms with Crippen LogP contribution in [-0.2, 0) is 18.0 Å². The number of aromatic nitrogens is 3. The minimum absolute atomic E-state index is 0.0446. The zero-order chi connectivity index (χ0) is 15.4. The quantitative estimate of drug-likeness (QED) is 0.743. The minimum Gasteiger partial charge on any atom is -0.355 e. The maximum absolute atomic E-state index is 11.7. The topological polar surface area (TPSA) is 55.1 Å². The fourth-order valence-electron chi connectivity index (χ4n) is 2.33. The molecule has 0 radical (unpaired) electrons. The molecule has 1 saturated carbocycles. The number of carbonyl (C=O) groups is 1. The van der Waals surface area contributed by atoms with E-state index in [1.807, 2.05) is 23.6 Å². The smallest absolute Gasteiger partial charge is 0.234 e. The molecule has 0 aromatic carbocycles. The molecular weight excluding hydrogens is 286 g/mol. The van der Waals surface area contributed by atoms with E-state index in [2.05, 4.69) is 21.9 Å². The second kappa shape index (κ2) is 7.17. The van der Waals surface area contributed by atoms with E-state index in [1.165, 1.54) is 12.8 Å². The van der Waals surface area contributed by atoms with Gasteiger partial charge < -0.3 is 9.88 Å². The lowest BCUT2D eigenvalue weighted by molar-refractivity contribution is -0.122. The first-order chi connectivity index (χ1) is 10.1. The summed E-state index contributed by atoms with van der Waals surface area (Å²) in [7, 11) is 1.91. The minimum atomic E-state index is 0.0446. The first-order valence-corrected chi connectivity index (χ1v) is 8.10. The first kappa shape index (κ1) is 16.2. The molecule has 1 aliphatic carbocycles. The highest BCUT2D eigenvalue weighted by atomic mass is 32.1. The fraction of sp³-hybridized carbons (Fsp3) is 0.786. The van der Waals surface area contributed by atoms with Crippen molar-refractivity contribution in [3.05, 3.63) is 10.6 Å². The van der Waals surface area contributed by atoms with E-state index in [0.29, 0.717) is 19.1 Å². The number of nitrogens with one attached hydrogen (secondary N) is 1. The number of hydrogen-bond acceptors (Lipinski definition) is 4. The summed E-state index contributed by atoms with van der Waals surface area (Å²) >= 11 is 5.50. The molecule has 0 unspecified atom stereocenters. The summed E-state index contributed by atoms with van der Waals surface area (Å²) in [4.78, 5) is 13.7. The largest absolute Gasteiger partial charge is 0.355 e. The van der Waals surface area contributed by atoms with Gasteiger partial charge in [0.1, 0.15) is 5.82 Å². The third-order valence-electron chi connectivity index (χ3n) is 3.57. The van der Waals surface area contributed by atoms with Gasteiger partial charge in [0.2, 0.25) is 5.91 Å². The van der Waals surface area contributed by atoms with Gasteiger partial charge in [-0.2, -0.15) is 5.10 Å². The lowest BCUT2D eigenvalue weighted by Crippen LogP contribution is -2.36. The fourth-order valence-corrected chi connectivity index (χ4v) is 2.66. The van der Waals surface area contributed by atoms with Gasteiger partial charge in [0, 0.05) is 19.0 Å². The van der Waals surface area contributed by atoms with Crippen molar-refractivity contribution in [2.45, 2.75) is 52.2 Å². The Balaban J connectivity index is 1.99. The van der Waals surface area contributed by atoms with Gasteiger partial charge in [-0.1, -0.05) is 6.92 Å². The summed E-state index contributed by atoms with van der Waals surface area (Å²) in [6.45, 7) is 6.62. The molecule has 6 nitrogen and oxygen atoms in total. The second-order valence-corrected chi connectivity index (χ2v) is 6.03.